The molecule has 0 aliphatic heterocycles. The highest BCUT2D eigenvalue weighted by Gasteiger charge is 2.12. The summed E-state index contributed by atoms with van der Waals surface area (Å²) in [5.74, 6) is 0.0637. The van der Waals surface area contributed by atoms with E-state index in [4.69, 9.17) is 9.47 Å². The van der Waals surface area contributed by atoms with Gasteiger partial charge in [-0.1, -0.05) is 153 Å². The molecule has 0 aliphatic carbocycles. The van der Waals surface area contributed by atoms with Crippen LogP contribution in [0.5, 0.6) is 0 Å². The first-order chi connectivity index (χ1) is 22.3. The number of rotatable bonds is 32. The summed E-state index contributed by atoms with van der Waals surface area (Å²) in [6, 6.07) is 0. The third-order valence-electron chi connectivity index (χ3n) is 7.85. The standard InChI is InChI=1S/C40H70O6/c1-4-5-6-7-8-9-10-11-14-17-20-23-26-30-37(41)31-28-33-40(44)46-35-38(42)34-45-39(43)32-27-24-21-18-15-12-13-16-19-22-25-29-36(2)3/h8-9,11,14,20,23,26,30,36-38,41-42H,4-7,10,12-13,15-19,21-22,24-25,27-29,31-35H2,1-3H3/b9-8-,14-11-,23-20-,30-26+/t37-,38+/m1/s1. The van der Waals surface area contributed by atoms with Gasteiger partial charge < -0.3 is 19.7 Å². The Hall–Kier alpha value is -2.18. The summed E-state index contributed by atoms with van der Waals surface area (Å²) in [6.07, 6.45) is 37.7. The number of esters is 2. The topological polar surface area (TPSA) is 93.1 Å². The van der Waals surface area contributed by atoms with Gasteiger partial charge in [0.2, 0.25) is 0 Å². The minimum atomic E-state index is -1.04. The summed E-state index contributed by atoms with van der Waals surface area (Å²) in [4.78, 5) is 23.9. The molecule has 0 aromatic carbocycles. The minimum absolute atomic E-state index is 0.156. The smallest absolute Gasteiger partial charge is 0.305 e. The highest BCUT2D eigenvalue weighted by molar-refractivity contribution is 5.69. The van der Waals surface area contributed by atoms with Crippen LogP contribution in [0.25, 0.3) is 0 Å². The largest absolute Gasteiger partial charge is 0.463 e. The molecular formula is C40H70O6. The number of allylic oxidation sites excluding steroid dienone is 7. The molecule has 0 spiro atoms. The fourth-order valence-corrected chi connectivity index (χ4v) is 4.96. The molecule has 0 radical (unpaired) electrons. The van der Waals surface area contributed by atoms with E-state index >= 15 is 0 Å². The van der Waals surface area contributed by atoms with Crippen molar-refractivity contribution < 1.29 is 29.3 Å². The van der Waals surface area contributed by atoms with Crippen LogP contribution in [0.15, 0.2) is 48.6 Å². The van der Waals surface area contributed by atoms with E-state index in [-0.39, 0.29) is 25.6 Å². The highest BCUT2D eigenvalue weighted by atomic mass is 16.6. The van der Waals surface area contributed by atoms with Gasteiger partial charge in [0.1, 0.15) is 19.3 Å². The number of aliphatic hydroxyl groups excluding tert-OH is 2. The van der Waals surface area contributed by atoms with Crippen molar-refractivity contribution in [2.75, 3.05) is 13.2 Å². The molecule has 266 valence electrons. The first-order valence-electron chi connectivity index (χ1n) is 18.7. The van der Waals surface area contributed by atoms with Gasteiger partial charge in [0.25, 0.3) is 0 Å². The molecule has 0 aromatic heterocycles. The molecule has 2 atom stereocenters. The average Bonchev–Trinajstić information content (AvgIpc) is 3.03. The molecule has 0 saturated carbocycles. The maximum absolute atomic E-state index is 11.9. The van der Waals surface area contributed by atoms with Crippen LogP contribution in [0.2, 0.25) is 0 Å². The summed E-state index contributed by atoms with van der Waals surface area (Å²) < 4.78 is 10.2. The average molecular weight is 647 g/mol. The monoisotopic (exact) mass is 647 g/mol. The van der Waals surface area contributed by atoms with Crippen LogP contribution in [0.1, 0.15) is 162 Å². The second-order valence-corrected chi connectivity index (χ2v) is 13.0. The van der Waals surface area contributed by atoms with Gasteiger partial charge in [-0.15, -0.1) is 0 Å². The van der Waals surface area contributed by atoms with E-state index in [9.17, 15) is 19.8 Å². The molecule has 0 heterocycles. The fourth-order valence-electron chi connectivity index (χ4n) is 4.96. The molecule has 0 saturated heterocycles. The number of carbonyl (C=O) groups excluding carboxylic acids is 2. The third-order valence-corrected chi connectivity index (χ3v) is 7.85. The van der Waals surface area contributed by atoms with Crippen LogP contribution in [0, 0.1) is 5.92 Å². The second-order valence-electron chi connectivity index (χ2n) is 13.0. The lowest BCUT2D eigenvalue weighted by molar-refractivity contribution is -0.152. The SMILES string of the molecule is CCCCC/C=C\C/C=C\C/C=C\C=C\[C@@H](O)CCCC(=O)OC[C@@H](O)COC(=O)CCCCCCCCCCCCCC(C)C. The maximum atomic E-state index is 11.9. The zero-order chi connectivity index (χ0) is 33.9. The Balaban J connectivity index is 3.65. The second kappa shape index (κ2) is 34.2. The van der Waals surface area contributed by atoms with Crippen LogP contribution in [0.4, 0.5) is 0 Å². The lowest BCUT2D eigenvalue weighted by Crippen LogP contribution is -2.25. The number of hydrogen-bond acceptors (Lipinski definition) is 6. The van der Waals surface area contributed by atoms with E-state index < -0.39 is 18.2 Å². The van der Waals surface area contributed by atoms with Crippen LogP contribution < -0.4 is 0 Å². The molecule has 2 N–H and O–H groups in total. The predicted molar refractivity (Wildman–Crippen MR) is 193 cm³/mol. The van der Waals surface area contributed by atoms with Crippen molar-refractivity contribution in [3.8, 4) is 0 Å². The van der Waals surface area contributed by atoms with Gasteiger partial charge in [-0.3, -0.25) is 9.59 Å². The van der Waals surface area contributed by atoms with Crippen molar-refractivity contribution in [1.29, 1.82) is 0 Å². The Morgan fingerprint density at radius 1 is 0.587 bits per heavy atom. The van der Waals surface area contributed by atoms with Crippen molar-refractivity contribution in [2.45, 2.75) is 174 Å². The zero-order valence-electron chi connectivity index (χ0n) is 29.8. The third kappa shape index (κ3) is 34.7. The van der Waals surface area contributed by atoms with E-state index in [1.54, 1.807) is 6.08 Å². The van der Waals surface area contributed by atoms with E-state index in [1.165, 1.54) is 77.0 Å². The van der Waals surface area contributed by atoms with E-state index in [2.05, 4.69) is 45.1 Å². The van der Waals surface area contributed by atoms with Crippen molar-refractivity contribution in [1.82, 2.24) is 0 Å². The lowest BCUT2D eigenvalue weighted by atomic mass is 10.0. The molecule has 0 fully saturated rings. The van der Waals surface area contributed by atoms with Gasteiger partial charge in [0.15, 0.2) is 0 Å². The number of hydrogen-bond donors (Lipinski definition) is 2. The molecular weight excluding hydrogens is 576 g/mol. The van der Waals surface area contributed by atoms with E-state index in [1.807, 2.05) is 18.2 Å². The molecule has 46 heavy (non-hydrogen) atoms. The van der Waals surface area contributed by atoms with Crippen molar-refractivity contribution in [2.24, 2.45) is 5.92 Å². The Labute approximate surface area is 282 Å². The summed E-state index contributed by atoms with van der Waals surface area (Å²) in [5, 5.41) is 20.1. The van der Waals surface area contributed by atoms with Gasteiger partial charge >= 0.3 is 11.9 Å². The molecule has 0 bridgehead atoms. The molecule has 6 nitrogen and oxygen atoms in total. The number of ether oxygens (including phenoxy) is 2. The Bertz CT molecular complexity index is 813. The van der Waals surface area contributed by atoms with Gasteiger partial charge in [0, 0.05) is 12.8 Å². The Morgan fingerprint density at radius 3 is 1.70 bits per heavy atom. The van der Waals surface area contributed by atoms with Gasteiger partial charge in [-0.2, -0.15) is 0 Å². The normalized spacial score (nSPS) is 13.5. The molecule has 0 unspecified atom stereocenters. The van der Waals surface area contributed by atoms with E-state index in [0.717, 1.165) is 44.4 Å². The molecule has 0 aliphatic rings. The van der Waals surface area contributed by atoms with Crippen LogP contribution >= 0.6 is 0 Å². The number of unbranched alkanes of at least 4 members (excludes halogenated alkanes) is 13. The summed E-state index contributed by atoms with van der Waals surface area (Å²) in [5.41, 5.74) is 0. The lowest BCUT2D eigenvalue weighted by Gasteiger charge is -2.12. The fraction of sp³-hybridized carbons (Fsp3) is 0.750. The van der Waals surface area contributed by atoms with Crippen molar-refractivity contribution >= 4 is 11.9 Å². The molecule has 0 aromatic rings. The Morgan fingerprint density at radius 2 is 1.11 bits per heavy atom. The first-order valence-corrected chi connectivity index (χ1v) is 18.7. The quantitative estimate of drug-likeness (QED) is 0.0327. The number of aliphatic hydroxyl groups is 2. The first kappa shape index (κ1) is 43.8. The maximum Gasteiger partial charge on any atom is 0.305 e. The summed E-state index contributed by atoms with van der Waals surface area (Å²) in [7, 11) is 0. The van der Waals surface area contributed by atoms with E-state index in [0.29, 0.717) is 19.3 Å². The van der Waals surface area contributed by atoms with Crippen LogP contribution in [0.3, 0.4) is 0 Å². The van der Waals surface area contributed by atoms with Crippen LogP contribution in [-0.2, 0) is 19.1 Å². The number of carbonyl (C=O) groups is 2. The van der Waals surface area contributed by atoms with Crippen molar-refractivity contribution in [3.63, 3.8) is 0 Å². The molecule has 0 rings (SSSR count). The van der Waals surface area contributed by atoms with Gasteiger partial charge in [-0.25, -0.2) is 0 Å². The summed E-state index contributed by atoms with van der Waals surface area (Å²) in [6.45, 7) is 6.42. The molecule has 0 amide bonds. The van der Waals surface area contributed by atoms with Gasteiger partial charge in [-0.05, 0) is 50.9 Å². The Kier molecular flexibility index (Phi) is 32.5. The highest BCUT2D eigenvalue weighted by Crippen LogP contribution is 2.14. The predicted octanol–water partition coefficient (Wildman–Crippen LogP) is 10.3. The van der Waals surface area contributed by atoms with Gasteiger partial charge in [0.05, 0.1) is 6.10 Å². The zero-order valence-corrected chi connectivity index (χ0v) is 29.8. The van der Waals surface area contributed by atoms with Crippen molar-refractivity contribution in [3.05, 3.63) is 48.6 Å². The molecule has 6 heteroatoms. The minimum Gasteiger partial charge on any atom is -0.463 e. The summed E-state index contributed by atoms with van der Waals surface area (Å²) >= 11 is 0. The van der Waals surface area contributed by atoms with Crippen LogP contribution in [-0.4, -0.2) is 47.6 Å².